The van der Waals surface area contributed by atoms with Gasteiger partial charge in [-0.2, -0.15) is 11.8 Å². The summed E-state index contributed by atoms with van der Waals surface area (Å²) >= 11 is 1.37. The number of rotatable bonds is 11. The third kappa shape index (κ3) is 8.00. The average Bonchev–Trinajstić information content (AvgIpc) is 2.28. The summed E-state index contributed by atoms with van der Waals surface area (Å²) in [6.07, 6.45) is 0.0581. The molecule has 0 radical (unpaired) electrons. The van der Waals surface area contributed by atoms with Gasteiger partial charge in [0.15, 0.2) is 6.29 Å². The van der Waals surface area contributed by atoms with Crippen LogP contribution in [-0.4, -0.2) is 54.5 Å². The van der Waals surface area contributed by atoms with E-state index in [1.165, 1.54) is 11.8 Å². The lowest BCUT2D eigenvalue weighted by atomic mass is 10.3. The van der Waals surface area contributed by atoms with Crippen molar-refractivity contribution in [3.8, 4) is 0 Å². The standard InChI is InChI=1S/C10H19NO5S/c1-3-15-9(16-4-2)6-17-5-8(10(13)14)11-7-12/h7-9H,3-6H2,1-2H3,(H,11,12)(H,13,14). The van der Waals surface area contributed by atoms with E-state index >= 15 is 0 Å². The zero-order chi connectivity index (χ0) is 13.1. The van der Waals surface area contributed by atoms with Gasteiger partial charge in [0.25, 0.3) is 0 Å². The first-order valence-corrected chi connectivity index (χ1v) is 6.54. The first kappa shape index (κ1) is 16.2. The van der Waals surface area contributed by atoms with Gasteiger partial charge >= 0.3 is 5.97 Å². The highest BCUT2D eigenvalue weighted by atomic mass is 32.2. The van der Waals surface area contributed by atoms with Crippen LogP contribution >= 0.6 is 11.8 Å². The molecule has 2 N–H and O–H groups in total. The van der Waals surface area contributed by atoms with Crippen LogP contribution < -0.4 is 5.32 Å². The van der Waals surface area contributed by atoms with Crippen molar-refractivity contribution < 1.29 is 24.2 Å². The molecule has 6 nitrogen and oxygen atoms in total. The summed E-state index contributed by atoms with van der Waals surface area (Å²) in [5, 5.41) is 11.0. The van der Waals surface area contributed by atoms with Crippen molar-refractivity contribution in [2.24, 2.45) is 0 Å². The fraction of sp³-hybridized carbons (Fsp3) is 0.800. The molecule has 0 bridgehead atoms. The molecule has 0 aromatic carbocycles. The van der Waals surface area contributed by atoms with E-state index in [0.717, 1.165) is 0 Å². The minimum Gasteiger partial charge on any atom is -0.480 e. The Morgan fingerprint density at radius 2 is 1.94 bits per heavy atom. The Morgan fingerprint density at radius 3 is 2.35 bits per heavy atom. The zero-order valence-corrected chi connectivity index (χ0v) is 10.9. The topological polar surface area (TPSA) is 84.9 Å². The Hall–Kier alpha value is -0.790. The molecule has 0 aliphatic heterocycles. The van der Waals surface area contributed by atoms with Crippen molar-refractivity contribution in [3.05, 3.63) is 0 Å². The lowest BCUT2D eigenvalue weighted by Gasteiger charge is -2.17. The first-order valence-electron chi connectivity index (χ1n) is 5.39. The fourth-order valence-corrected chi connectivity index (χ4v) is 2.07. The molecule has 100 valence electrons. The number of carboxylic acid groups (broad SMARTS) is 1. The van der Waals surface area contributed by atoms with Crippen molar-refractivity contribution in [1.29, 1.82) is 0 Å². The van der Waals surface area contributed by atoms with Gasteiger partial charge in [0.2, 0.25) is 6.41 Å². The number of carbonyl (C=O) groups excluding carboxylic acids is 1. The van der Waals surface area contributed by atoms with E-state index in [-0.39, 0.29) is 12.0 Å². The molecular formula is C10H19NO5S. The third-order valence-corrected chi connectivity index (χ3v) is 2.89. The number of aliphatic carboxylic acids is 1. The van der Waals surface area contributed by atoms with Crippen LogP contribution in [0.3, 0.4) is 0 Å². The zero-order valence-electron chi connectivity index (χ0n) is 10.0. The minimum absolute atomic E-state index is 0.282. The number of hydrogen-bond donors (Lipinski definition) is 2. The summed E-state index contributed by atoms with van der Waals surface area (Å²) in [5.41, 5.74) is 0. The summed E-state index contributed by atoms with van der Waals surface area (Å²) in [6.45, 7) is 4.82. The molecule has 0 aliphatic carbocycles. The Bertz CT molecular complexity index is 221. The second kappa shape index (κ2) is 10.4. The summed E-state index contributed by atoms with van der Waals surface area (Å²) in [6, 6.07) is -0.874. The van der Waals surface area contributed by atoms with E-state index in [4.69, 9.17) is 14.6 Å². The molecule has 0 fully saturated rings. The van der Waals surface area contributed by atoms with Crippen LogP contribution in [0.2, 0.25) is 0 Å². The number of hydrogen-bond acceptors (Lipinski definition) is 5. The van der Waals surface area contributed by atoms with Crippen LogP contribution in [0.1, 0.15) is 13.8 Å². The van der Waals surface area contributed by atoms with Gasteiger partial charge in [-0.25, -0.2) is 4.79 Å². The van der Waals surface area contributed by atoms with E-state index in [2.05, 4.69) is 5.32 Å². The molecule has 0 saturated carbocycles. The molecular weight excluding hydrogens is 246 g/mol. The van der Waals surface area contributed by atoms with Crippen LogP contribution in [0.25, 0.3) is 0 Å². The van der Waals surface area contributed by atoms with Crippen LogP contribution in [0, 0.1) is 0 Å². The molecule has 1 unspecified atom stereocenters. The second-order valence-corrected chi connectivity index (χ2v) is 4.13. The Kier molecular flexibility index (Phi) is 9.89. The molecule has 0 saturated heterocycles. The molecule has 7 heteroatoms. The Labute approximate surface area is 105 Å². The lowest BCUT2D eigenvalue weighted by Crippen LogP contribution is -2.38. The Morgan fingerprint density at radius 1 is 1.35 bits per heavy atom. The molecule has 0 aromatic heterocycles. The maximum Gasteiger partial charge on any atom is 0.327 e. The molecule has 1 atom stereocenters. The number of thioether (sulfide) groups is 1. The van der Waals surface area contributed by atoms with Gasteiger partial charge in [0.1, 0.15) is 6.04 Å². The van der Waals surface area contributed by atoms with Crippen LogP contribution in [0.4, 0.5) is 0 Å². The van der Waals surface area contributed by atoms with Gasteiger partial charge in [-0.15, -0.1) is 0 Å². The predicted octanol–water partition coefficient (Wildman–Crippen LogP) is 0.318. The Balaban J connectivity index is 3.90. The maximum atomic E-state index is 10.7. The van der Waals surface area contributed by atoms with Crippen LogP contribution in [0.15, 0.2) is 0 Å². The fourth-order valence-electron chi connectivity index (χ4n) is 1.07. The number of carboxylic acids is 1. The maximum absolute atomic E-state index is 10.7. The average molecular weight is 265 g/mol. The number of ether oxygens (including phenoxy) is 2. The van der Waals surface area contributed by atoms with Crippen molar-refractivity contribution in [2.45, 2.75) is 26.2 Å². The van der Waals surface area contributed by atoms with E-state index in [0.29, 0.717) is 25.4 Å². The van der Waals surface area contributed by atoms with Crippen molar-refractivity contribution in [1.82, 2.24) is 5.32 Å². The van der Waals surface area contributed by atoms with Gasteiger partial charge in [0.05, 0.1) is 0 Å². The molecule has 0 aliphatic rings. The third-order valence-electron chi connectivity index (χ3n) is 1.81. The minimum atomic E-state index is -1.05. The van der Waals surface area contributed by atoms with Crippen LogP contribution in [0.5, 0.6) is 0 Å². The lowest BCUT2D eigenvalue weighted by molar-refractivity contribution is -0.139. The van der Waals surface area contributed by atoms with Crippen molar-refractivity contribution in [2.75, 3.05) is 24.7 Å². The molecule has 0 spiro atoms. The van der Waals surface area contributed by atoms with Crippen LogP contribution in [-0.2, 0) is 19.1 Å². The summed E-state index contributed by atoms with van der Waals surface area (Å²) < 4.78 is 10.6. The second-order valence-electron chi connectivity index (χ2n) is 3.05. The number of nitrogens with one attached hydrogen (secondary N) is 1. The molecule has 1 amide bonds. The van der Waals surface area contributed by atoms with E-state index in [1.807, 2.05) is 13.8 Å². The van der Waals surface area contributed by atoms with E-state index in [9.17, 15) is 9.59 Å². The van der Waals surface area contributed by atoms with Crippen molar-refractivity contribution in [3.63, 3.8) is 0 Å². The highest BCUT2D eigenvalue weighted by Crippen LogP contribution is 2.09. The van der Waals surface area contributed by atoms with Gasteiger partial charge < -0.3 is 19.9 Å². The molecule has 17 heavy (non-hydrogen) atoms. The normalized spacial score (nSPS) is 12.4. The number of carbonyl (C=O) groups is 2. The summed E-state index contributed by atoms with van der Waals surface area (Å²) in [7, 11) is 0. The molecule has 0 aromatic rings. The van der Waals surface area contributed by atoms with E-state index < -0.39 is 12.0 Å². The van der Waals surface area contributed by atoms with E-state index in [1.54, 1.807) is 0 Å². The largest absolute Gasteiger partial charge is 0.480 e. The molecule has 0 rings (SSSR count). The smallest absolute Gasteiger partial charge is 0.327 e. The highest BCUT2D eigenvalue weighted by molar-refractivity contribution is 7.99. The monoisotopic (exact) mass is 265 g/mol. The predicted molar refractivity (Wildman–Crippen MR) is 65.0 cm³/mol. The van der Waals surface area contributed by atoms with Crippen molar-refractivity contribution >= 4 is 24.1 Å². The van der Waals surface area contributed by atoms with Gasteiger partial charge in [0, 0.05) is 24.7 Å². The SMILES string of the molecule is CCOC(CSCC(NC=O)C(=O)O)OCC. The summed E-state index contributed by atoms with van der Waals surface area (Å²) in [4.78, 5) is 20.9. The molecule has 0 heterocycles. The summed E-state index contributed by atoms with van der Waals surface area (Å²) in [5.74, 6) is -0.231. The number of amides is 1. The van der Waals surface area contributed by atoms with Gasteiger partial charge in [-0.3, -0.25) is 4.79 Å². The first-order chi connectivity index (χ1) is 8.15. The quantitative estimate of drug-likeness (QED) is 0.413. The van der Waals surface area contributed by atoms with Gasteiger partial charge in [-0.1, -0.05) is 0 Å². The van der Waals surface area contributed by atoms with Gasteiger partial charge in [-0.05, 0) is 13.8 Å². The highest BCUT2D eigenvalue weighted by Gasteiger charge is 2.17.